The molecule has 2 atom stereocenters. The first-order valence-electron chi connectivity index (χ1n) is 38.3. The fourth-order valence-corrected chi connectivity index (χ4v) is 11.8. The van der Waals surface area contributed by atoms with Gasteiger partial charge in [0.05, 0.1) is 27.7 Å². The topological polar surface area (TPSA) is 108 Å². The van der Waals surface area contributed by atoms with E-state index in [0.29, 0.717) is 23.9 Å². The number of hydrogen-bond acceptors (Lipinski definition) is 7. The molecule has 0 aliphatic rings. The van der Waals surface area contributed by atoms with Crippen LogP contribution < -0.4 is 0 Å². The number of esters is 2. The molecule has 10 heteroatoms. The molecule has 0 aromatic heterocycles. The average Bonchev–Trinajstić information content (AvgIpc) is 3.61. The van der Waals surface area contributed by atoms with Crippen molar-refractivity contribution in [2.75, 3.05) is 47.5 Å². The lowest BCUT2D eigenvalue weighted by atomic mass is 10.0. The number of allylic oxidation sites excluding steroid dienone is 14. The molecule has 2 unspecified atom stereocenters. The number of hydrogen-bond donors (Lipinski definition) is 1. The number of ether oxygens (including phenoxy) is 2. The molecule has 0 heterocycles. The molecule has 0 amide bonds. The third-order valence-corrected chi connectivity index (χ3v) is 17.9. The summed E-state index contributed by atoms with van der Waals surface area (Å²) in [6.45, 7) is 4.36. The largest absolute Gasteiger partial charge is 0.472 e. The van der Waals surface area contributed by atoms with E-state index in [1.54, 1.807) is 0 Å². The van der Waals surface area contributed by atoms with Gasteiger partial charge in [0.15, 0.2) is 6.10 Å². The summed E-state index contributed by atoms with van der Waals surface area (Å²) < 4.78 is 34.8. The van der Waals surface area contributed by atoms with Crippen molar-refractivity contribution in [3.05, 3.63) is 85.1 Å². The van der Waals surface area contributed by atoms with Crippen molar-refractivity contribution in [1.29, 1.82) is 0 Å². The summed E-state index contributed by atoms with van der Waals surface area (Å²) in [4.78, 5) is 35.9. The lowest BCUT2D eigenvalue weighted by Gasteiger charge is -2.24. The maximum atomic E-state index is 12.9. The number of quaternary nitrogens is 1. The van der Waals surface area contributed by atoms with Crippen LogP contribution in [0.4, 0.5) is 0 Å². The molecule has 0 bridgehead atoms. The van der Waals surface area contributed by atoms with Crippen LogP contribution in [0.25, 0.3) is 0 Å². The van der Waals surface area contributed by atoms with Gasteiger partial charge in [0.1, 0.15) is 19.8 Å². The highest BCUT2D eigenvalue weighted by Gasteiger charge is 2.27. The van der Waals surface area contributed by atoms with Crippen LogP contribution in [-0.2, 0) is 32.7 Å². The maximum Gasteiger partial charge on any atom is 0.472 e. The fraction of sp³-hybridized carbons (Fsp3) is 0.800. The lowest BCUT2D eigenvalue weighted by Crippen LogP contribution is -2.37. The van der Waals surface area contributed by atoms with Crippen molar-refractivity contribution in [2.24, 2.45) is 0 Å². The van der Waals surface area contributed by atoms with Gasteiger partial charge in [-0.25, -0.2) is 4.57 Å². The van der Waals surface area contributed by atoms with Crippen LogP contribution in [-0.4, -0.2) is 74.9 Å². The Hall–Kier alpha value is -2.81. The van der Waals surface area contributed by atoms with Crippen molar-refractivity contribution >= 4 is 19.8 Å². The summed E-state index contributed by atoms with van der Waals surface area (Å²) in [5.74, 6) is -0.783. The van der Waals surface area contributed by atoms with Gasteiger partial charge in [0.25, 0.3) is 0 Å². The molecule has 0 spiro atoms. The van der Waals surface area contributed by atoms with Gasteiger partial charge in [0, 0.05) is 12.8 Å². The zero-order valence-electron chi connectivity index (χ0n) is 59.9. The Morgan fingerprint density at radius 1 is 0.356 bits per heavy atom. The number of rotatable bonds is 71. The van der Waals surface area contributed by atoms with Crippen molar-refractivity contribution in [2.45, 2.75) is 367 Å². The normalized spacial score (nSPS) is 13.5. The predicted molar refractivity (Wildman–Crippen MR) is 390 cm³/mol. The van der Waals surface area contributed by atoms with Gasteiger partial charge in [0.2, 0.25) is 0 Å². The highest BCUT2D eigenvalue weighted by Crippen LogP contribution is 2.43. The van der Waals surface area contributed by atoms with Crippen LogP contribution in [0.1, 0.15) is 361 Å². The van der Waals surface area contributed by atoms with Gasteiger partial charge in [-0.2, -0.15) is 0 Å². The van der Waals surface area contributed by atoms with E-state index in [4.69, 9.17) is 18.5 Å². The number of unbranched alkanes of at least 4 members (excludes halogenated alkanes) is 43. The summed E-state index contributed by atoms with van der Waals surface area (Å²) >= 11 is 0. The summed E-state index contributed by atoms with van der Waals surface area (Å²) in [6.07, 6.45) is 97.2. The molecule has 1 N–H and O–H groups in total. The summed E-state index contributed by atoms with van der Waals surface area (Å²) in [5, 5.41) is 0. The molecule has 524 valence electrons. The van der Waals surface area contributed by atoms with E-state index >= 15 is 0 Å². The van der Waals surface area contributed by atoms with Crippen molar-refractivity contribution in [3.63, 3.8) is 0 Å². The van der Waals surface area contributed by atoms with Gasteiger partial charge in [-0.15, -0.1) is 0 Å². The molecular formula is C80H147NO8P+. The van der Waals surface area contributed by atoms with Gasteiger partial charge >= 0.3 is 19.8 Å². The number of carbonyl (C=O) groups excluding carboxylic acids is 2. The fourth-order valence-electron chi connectivity index (χ4n) is 11.1. The SMILES string of the molecule is CC/C=C\C/C=C\C/C=C\C/C=C\CCCCCCCCCCCCCCCCC(=O)OC(COC(=O)CCCCCCCCCCCCCCCCCCCCCCCCCC/C=C\C/C=C\C/C=C\CCCCCCC)COP(=O)(O)OCC[N+](C)(C)C. The van der Waals surface area contributed by atoms with E-state index in [0.717, 1.165) is 70.6 Å². The number of likely N-dealkylation sites (N-methyl/N-ethyl adjacent to an activating group) is 1. The van der Waals surface area contributed by atoms with E-state index in [2.05, 4.69) is 98.9 Å². The Kier molecular flexibility index (Phi) is 68.3. The van der Waals surface area contributed by atoms with Crippen LogP contribution >= 0.6 is 7.82 Å². The van der Waals surface area contributed by atoms with Crippen LogP contribution in [0, 0.1) is 0 Å². The van der Waals surface area contributed by atoms with E-state index in [1.165, 1.54) is 257 Å². The number of phosphoric acid groups is 1. The Bertz CT molecular complexity index is 1800. The minimum Gasteiger partial charge on any atom is -0.462 e. The highest BCUT2D eigenvalue weighted by molar-refractivity contribution is 7.47. The number of nitrogens with zero attached hydrogens (tertiary/aromatic N) is 1. The first-order chi connectivity index (χ1) is 44.0. The quantitative estimate of drug-likeness (QED) is 0.0211. The average molecular weight is 1280 g/mol. The van der Waals surface area contributed by atoms with Crippen LogP contribution in [0.5, 0.6) is 0 Å². The molecule has 9 nitrogen and oxygen atoms in total. The Labute approximate surface area is 558 Å². The van der Waals surface area contributed by atoms with Crippen LogP contribution in [0.15, 0.2) is 85.1 Å². The second kappa shape index (κ2) is 70.5. The molecular weight excluding hydrogens is 1130 g/mol. The summed E-state index contributed by atoms with van der Waals surface area (Å²) in [6, 6.07) is 0. The third-order valence-electron chi connectivity index (χ3n) is 16.9. The molecule has 0 aromatic carbocycles. The monoisotopic (exact) mass is 1280 g/mol. The molecule has 0 saturated carbocycles. The first-order valence-corrected chi connectivity index (χ1v) is 39.8. The maximum absolute atomic E-state index is 12.9. The lowest BCUT2D eigenvalue weighted by molar-refractivity contribution is -0.870. The Balaban J connectivity index is 3.93. The summed E-state index contributed by atoms with van der Waals surface area (Å²) in [5.41, 5.74) is 0. The molecule has 90 heavy (non-hydrogen) atoms. The van der Waals surface area contributed by atoms with E-state index in [9.17, 15) is 19.0 Å². The first kappa shape index (κ1) is 87.2. The van der Waals surface area contributed by atoms with Crippen molar-refractivity contribution in [3.8, 4) is 0 Å². The summed E-state index contributed by atoms with van der Waals surface area (Å²) in [7, 11) is 1.49. The molecule has 0 saturated heterocycles. The van der Waals surface area contributed by atoms with E-state index < -0.39 is 26.5 Å². The predicted octanol–water partition coefficient (Wildman–Crippen LogP) is 25.3. The van der Waals surface area contributed by atoms with Crippen LogP contribution in [0.2, 0.25) is 0 Å². The number of carbonyl (C=O) groups is 2. The zero-order chi connectivity index (χ0) is 65.5. The van der Waals surface area contributed by atoms with Gasteiger partial charge < -0.3 is 18.9 Å². The Morgan fingerprint density at radius 2 is 0.633 bits per heavy atom. The minimum absolute atomic E-state index is 0.0313. The minimum atomic E-state index is -4.40. The van der Waals surface area contributed by atoms with Gasteiger partial charge in [-0.1, -0.05) is 343 Å². The molecule has 0 rings (SSSR count). The molecule has 0 aliphatic carbocycles. The Morgan fingerprint density at radius 3 is 0.944 bits per heavy atom. The molecule has 0 radical (unpaired) electrons. The molecule has 0 aromatic rings. The molecule has 0 aliphatic heterocycles. The second-order valence-corrected chi connectivity index (χ2v) is 28.5. The van der Waals surface area contributed by atoms with Crippen molar-refractivity contribution in [1.82, 2.24) is 0 Å². The van der Waals surface area contributed by atoms with Crippen LogP contribution in [0.3, 0.4) is 0 Å². The second-order valence-electron chi connectivity index (χ2n) is 27.0. The van der Waals surface area contributed by atoms with Crippen molar-refractivity contribution < 1.29 is 42.1 Å². The number of phosphoric ester groups is 1. The van der Waals surface area contributed by atoms with Gasteiger partial charge in [-0.05, 0) is 89.9 Å². The van der Waals surface area contributed by atoms with E-state index in [1.807, 2.05) is 21.1 Å². The zero-order valence-corrected chi connectivity index (χ0v) is 60.8. The molecule has 0 fully saturated rings. The highest BCUT2D eigenvalue weighted by atomic mass is 31.2. The van der Waals surface area contributed by atoms with Gasteiger partial charge in [-0.3, -0.25) is 18.6 Å². The standard InChI is InChI=1S/C80H146NO8P/c1-6-8-10-12-14-16-18-20-22-24-26-28-30-32-34-35-36-37-38-39-40-41-42-43-44-45-47-48-50-52-54-56-58-60-62-64-66-68-70-72-79(82)86-76-78(77-88-90(84,85)87-75-74-81(3,4)5)89-80(83)73-71-69-67-65-63-61-59-57-55-53-51-49-46-33-31-29-27-25-23-21-19-17-15-13-11-9-7-2/h9,11,15,17-18,20-21,23-24,26-27,29-30,32,78H,6-8,10,12-14,16,19,22,25,28,31,33-77H2,1-5H3/p+1/b11-9-,17-15-,20-18-,23-21-,26-24-,29-27-,32-30-. The smallest absolute Gasteiger partial charge is 0.462 e. The third kappa shape index (κ3) is 74.2. The van der Waals surface area contributed by atoms with E-state index in [-0.39, 0.29) is 25.6 Å².